The molecule has 0 aliphatic carbocycles. The molecule has 1 atom stereocenters. The summed E-state index contributed by atoms with van der Waals surface area (Å²) >= 11 is 0. The molecule has 2 aliphatic heterocycles. The summed E-state index contributed by atoms with van der Waals surface area (Å²) < 4.78 is 5.88. The molecule has 4 rings (SSSR count). The Bertz CT molecular complexity index is 841. The fourth-order valence-electron chi connectivity index (χ4n) is 3.76. The topological polar surface area (TPSA) is 58.6 Å². The Morgan fingerprint density at radius 1 is 1.04 bits per heavy atom. The zero-order valence-electron chi connectivity index (χ0n) is 14.8. The molecule has 1 fully saturated rings. The minimum absolute atomic E-state index is 0.0649. The predicted octanol–water partition coefficient (Wildman–Crippen LogP) is 3.02. The van der Waals surface area contributed by atoms with Gasteiger partial charge in [0.25, 0.3) is 5.91 Å². The maximum absolute atomic E-state index is 13.2. The molecule has 2 aliphatic rings. The van der Waals surface area contributed by atoms with Gasteiger partial charge in [0.2, 0.25) is 0 Å². The Morgan fingerprint density at radius 2 is 1.69 bits per heavy atom. The molecule has 134 valence electrons. The second-order valence-electron chi connectivity index (χ2n) is 7.00. The third-order valence-corrected chi connectivity index (χ3v) is 5.22. The SMILES string of the molecule is CN1CCC(OC(=O)C2c3ccccc3NC(=O)c3ccccc32)CC1. The number of amides is 1. The molecule has 2 aromatic rings. The smallest absolute Gasteiger partial charge is 0.318 e. The lowest BCUT2D eigenvalue weighted by molar-refractivity contribution is -0.151. The number of carbonyl (C=O) groups excluding carboxylic acids is 2. The summed E-state index contributed by atoms with van der Waals surface area (Å²) in [6.45, 7) is 1.85. The lowest BCUT2D eigenvalue weighted by atomic mass is 9.88. The van der Waals surface area contributed by atoms with E-state index < -0.39 is 5.92 Å². The summed E-state index contributed by atoms with van der Waals surface area (Å²) in [5.41, 5.74) is 2.67. The molecule has 1 saturated heterocycles. The molecule has 1 amide bonds. The summed E-state index contributed by atoms with van der Waals surface area (Å²) in [5.74, 6) is -1.07. The van der Waals surface area contributed by atoms with E-state index in [4.69, 9.17) is 4.74 Å². The number of para-hydroxylation sites is 1. The quantitative estimate of drug-likeness (QED) is 0.846. The Hall–Kier alpha value is -2.66. The normalized spacial score (nSPS) is 20.5. The number of esters is 1. The summed E-state index contributed by atoms with van der Waals surface area (Å²) in [5, 5.41) is 2.92. The van der Waals surface area contributed by atoms with Gasteiger partial charge in [-0.25, -0.2) is 0 Å². The number of hydrogen-bond acceptors (Lipinski definition) is 4. The van der Waals surface area contributed by atoms with Gasteiger partial charge in [0, 0.05) is 24.3 Å². The molecule has 0 saturated carbocycles. The first-order chi connectivity index (χ1) is 12.6. The van der Waals surface area contributed by atoms with Crippen LogP contribution in [0.5, 0.6) is 0 Å². The molecule has 26 heavy (non-hydrogen) atoms. The van der Waals surface area contributed by atoms with Crippen LogP contribution in [0.1, 0.15) is 40.2 Å². The second kappa shape index (κ2) is 6.92. The monoisotopic (exact) mass is 350 g/mol. The van der Waals surface area contributed by atoms with Crippen molar-refractivity contribution in [1.82, 2.24) is 4.90 Å². The van der Waals surface area contributed by atoms with E-state index in [9.17, 15) is 9.59 Å². The average Bonchev–Trinajstić information content (AvgIpc) is 2.77. The van der Waals surface area contributed by atoms with Crippen molar-refractivity contribution in [3.8, 4) is 0 Å². The second-order valence-corrected chi connectivity index (χ2v) is 7.00. The van der Waals surface area contributed by atoms with Gasteiger partial charge >= 0.3 is 5.97 Å². The number of hydrogen-bond donors (Lipinski definition) is 1. The van der Waals surface area contributed by atoms with E-state index in [2.05, 4.69) is 17.3 Å². The number of likely N-dealkylation sites (tertiary alicyclic amines) is 1. The molecular formula is C21H22N2O3. The third kappa shape index (κ3) is 3.10. The molecule has 1 unspecified atom stereocenters. The number of nitrogens with one attached hydrogen (secondary N) is 1. The average molecular weight is 350 g/mol. The highest BCUT2D eigenvalue weighted by atomic mass is 16.5. The highest BCUT2D eigenvalue weighted by Crippen LogP contribution is 2.37. The summed E-state index contributed by atoms with van der Waals surface area (Å²) in [6.07, 6.45) is 1.62. The molecule has 0 radical (unpaired) electrons. The van der Waals surface area contributed by atoms with Crippen molar-refractivity contribution < 1.29 is 14.3 Å². The van der Waals surface area contributed by atoms with Crippen molar-refractivity contribution in [3.63, 3.8) is 0 Å². The van der Waals surface area contributed by atoms with E-state index in [1.165, 1.54) is 0 Å². The maximum Gasteiger partial charge on any atom is 0.318 e. The van der Waals surface area contributed by atoms with Gasteiger partial charge < -0.3 is 15.0 Å². The van der Waals surface area contributed by atoms with Gasteiger partial charge in [0.05, 0.1) is 0 Å². The number of ether oxygens (including phenoxy) is 1. The van der Waals surface area contributed by atoms with Crippen LogP contribution in [0.15, 0.2) is 48.5 Å². The number of anilines is 1. The third-order valence-electron chi connectivity index (χ3n) is 5.22. The molecule has 2 heterocycles. The fourth-order valence-corrected chi connectivity index (χ4v) is 3.76. The zero-order chi connectivity index (χ0) is 18.1. The van der Waals surface area contributed by atoms with E-state index >= 15 is 0 Å². The molecule has 0 spiro atoms. The van der Waals surface area contributed by atoms with Crippen molar-refractivity contribution in [1.29, 1.82) is 0 Å². The molecule has 2 aromatic carbocycles. The van der Waals surface area contributed by atoms with Crippen LogP contribution in [-0.4, -0.2) is 43.0 Å². The minimum atomic E-state index is -0.596. The molecular weight excluding hydrogens is 328 g/mol. The van der Waals surface area contributed by atoms with E-state index in [-0.39, 0.29) is 18.0 Å². The Labute approximate surface area is 153 Å². The zero-order valence-corrected chi connectivity index (χ0v) is 14.8. The van der Waals surface area contributed by atoms with Gasteiger partial charge in [0.15, 0.2) is 0 Å². The number of piperidine rings is 1. The van der Waals surface area contributed by atoms with Crippen LogP contribution in [0.25, 0.3) is 0 Å². The lowest BCUT2D eigenvalue weighted by Gasteiger charge is -2.30. The van der Waals surface area contributed by atoms with Crippen molar-refractivity contribution in [2.45, 2.75) is 24.9 Å². The van der Waals surface area contributed by atoms with Gasteiger partial charge in [-0.2, -0.15) is 0 Å². The number of nitrogens with zero attached hydrogens (tertiary/aromatic N) is 1. The largest absolute Gasteiger partial charge is 0.462 e. The van der Waals surface area contributed by atoms with Crippen LogP contribution < -0.4 is 5.32 Å². The van der Waals surface area contributed by atoms with Gasteiger partial charge in [-0.3, -0.25) is 9.59 Å². The van der Waals surface area contributed by atoms with Gasteiger partial charge in [-0.15, -0.1) is 0 Å². The number of benzene rings is 2. The molecule has 0 bridgehead atoms. The van der Waals surface area contributed by atoms with E-state index in [0.29, 0.717) is 16.8 Å². The predicted molar refractivity (Wildman–Crippen MR) is 99.3 cm³/mol. The number of carbonyl (C=O) groups is 2. The Morgan fingerprint density at radius 3 is 2.46 bits per heavy atom. The summed E-state index contributed by atoms with van der Waals surface area (Å²) in [7, 11) is 2.08. The first kappa shape index (κ1) is 16.8. The van der Waals surface area contributed by atoms with Crippen molar-refractivity contribution in [2.75, 3.05) is 25.5 Å². The number of fused-ring (bicyclic) bond motifs is 2. The van der Waals surface area contributed by atoms with E-state index in [0.717, 1.165) is 31.5 Å². The molecule has 5 heteroatoms. The van der Waals surface area contributed by atoms with Crippen LogP contribution in [0.4, 0.5) is 5.69 Å². The standard InChI is InChI=1S/C21H22N2O3/c1-23-12-10-14(11-13-23)26-21(25)19-15-6-2-3-7-16(15)20(24)22-18-9-5-4-8-17(18)19/h2-9,14,19H,10-13H2,1H3,(H,22,24). The van der Waals surface area contributed by atoms with Crippen molar-refractivity contribution >= 4 is 17.6 Å². The van der Waals surface area contributed by atoms with Gasteiger partial charge in [-0.1, -0.05) is 36.4 Å². The fraction of sp³-hybridized carbons (Fsp3) is 0.333. The minimum Gasteiger partial charge on any atom is -0.462 e. The maximum atomic E-state index is 13.2. The van der Waals surface area contributed by atoms with Crippen molar-refractivity contribution in [2.24, 2.45) is 0 Å². The summed E-state index contributed by atoms with van der Waals surface area (Å²) in [4.78, 5) is 28.0. The Kier molecular flexibility index (Phi) is 4.47. The Balaban J connectivity index is 1.71. The highest BCUT2D eigenvalue weighted by molar-refractivity contribution is 6.09. The molecule has 1 N–H and O–H groups in total. The highest BCUT2D eigenvalue weighted by Gasteiger charge is 2.34. The van der Waals surface area contributed by atoms with Crippen molar-refractivity contribution in [3.05, 3.63) is 65.2 Å². The van der Waals surface area contributed by atoms with Crippen LogP contribution >= 0.6 is 0 Å². The molecule has 0 aromatic heterocycles. The lowest BCUT2D eigenvalue weighted by Crippen LogP contribution is -2.36. The van der Waals surface area contributed by atoms with E-state index in [1.54, 1.807) is 6.07 Å². The van der Waals surface area contributed by atoms with Crippen LogP contribution in [0.3, 0.4) is 0 Å². The van der Waals surface area contributed by atoms with E-state index in [1.807, 2.05) is 42.5 Å². The number of rotatable bonds is 2. The first-order valence-corrected chi connectivity index (χ1v) is 9.01. The van der Waals surface area contributed by atoms with Crippen LogP contribution in [0, 0.1) is 0 Å². The van der Waals surface area contributed by atoms with Gasteiger partial charge in [-0.05, 0) is 43.1 Å². The molecule has 5 nitrogen and oxygen atoms in total. The van der Waals surface area contributed by atoms with Crippen LogP contribution in [-0.2, 0) is 9.53 Å². The first-order valence-electron chi connectivity index (χ1n) is 9.01. The van der Waals surface area contributed by atoms with Gasteiger partial charge in [0.1, 0.15) is 12.0 Å². The summed E-state index contributed by atoms with van der Waals surface area (Å²) in [6, 6.07) is 14.7. The van der Waals surface area contributed by atoms with Crippen LogP contribution in [0.2, 0.25) is 0 Å².